The number of carbonyl (C=O) groups is 2. The molecule has 3 aliphatic carbocycles. The topological polar surface area (TPSA) is 34.1 Å². The molecule has 4 atom stereocenters. The molecular weight excluding hydrogens is 368 g/mol. The lowest BCUT2D eigenvalue weighted by Gasteiger charge is -2.36. The van der Waals surface area contributed by atoms with E-state index in [0.717, 1.165) is 30.4 Å². The standard InChI is InChI=1S/C28H38O2/c1-3-4-5-6-7-8-9-10-11-12-14-20-15-13-16-22-23(20)27(30)24-21-17-18-28(2,19-21)25(24)26(22)29/h13,15-18,21,24-25H,3-12,14,19H2,1-2H3. The Morgan fingerprint density at radius 2 is 1.57 bits per heavy atom. The Hall–Kier alpha value is -1.70. The van der Waals surface area contributed by atoms with Gasteiger partial charge in [0.25, 0.3) is 0 Å². The van der Waals surface area contributed by atoms with Gasteiger partial charge in [-0.05, 0) is 36.2 Å². The van der Waals surface area contributed by atoms with E-state index in [4.69, 9.17) is 0 Å². The van der Waals surface area contributed by atoms with Crippen molar-refractivity contribution in [2.24, 2.45) is 23.2 Å². The van der Waals surface area contributed by atoms with E-state index in [1.54, 1.807) is 0 Å². The summed E-state index contributed by atoms with van der Waals surface area (Å²) in [7, 11) is 0. The third-order valence-electron chi connectivity index (χ3n) is 7.98. The van der Waals surface area contributed by atoms with Crippen molar-refractivity contribution in [1.29, 1.82) is 0 Å². The van der Waals surface area contributed by atoms with E-state index >= 15 is 0 Å². The van der Waals surface area contributed by atoms with E-state index in [1.165, 1.54) is 57.8 Å². The van der Waals surface area contributed by atoms with E-state index in [1.807, 2.05) is 12.1 Å². The van der Waals surface area contributed by atoms with E-state index < -0.39 is 0 Å². The minimum absolute atomic E-state index is 0.117. The lowest BCUT2D eigenvalue weighted by Crippen LogP contribution is -2.42. The number of fused-ring (bicyclic) bond motifs is 6. The second-order valence-electron chi connectivity index (χ2n) is 10.2. The third kappa shape index (κ3) is 3.95. The highest BCUT2D eigenvalue weighted by molar-refractivity contribution is 6.17. The fourth-order valence-corrected chi connectivity index (χ4v) is 6.37. The van der Waals surface area contributed by atoms with Crippen LogP contribution in [0.15, 0.2) is 30.4 Å². The summed E-state index contributed by atoms with van der Waals surface area (Å²) in [5.41, 5.74) is 2.46. The van der Waals surface area contributed by atoms with Gasteiger partial charge < -0.3 is 0 Å². The molecule has 3 aliphatic rings. The first-order valence-electron chi connectivity index (χ1n) is 12.5. The number of aryl methyl sites for hydroxylation is 1. The Bertz CT molecular complexity index is 820. The van der Waals surface area contributed by atoms with Crippen LogP contribution >= 0.6 is 0 Å². The van der Waals surface area contributed by atoms with Gasteiger partial charge in [-0.3, -0.25) is 9.59 Å². The third-order valence-corrected chi connectivity index (χ3v) is 7.98. The predicted molar refractivity (Wildman–Crippen MR) is 123 cm³/mol. The average Bonchev–Trinajstić information content (AvgIpc) is 3.27. The van der Waals surface area contributed by atoms with Crippen LogP contribution in [0.25, 0.3) is 0 Å². The van der Waals surface area contributed by atoms with Crippen LogP contribution < -0.4 is 0 Å². The molecule has 0 amide bonds. The maximum absolute atomic E-state index is 13.5. The zero-order valence-corrected chi connectivity index (χ0v) is 18.9. The van der Waals surface area contributed by atoms with Crippen LogP contribution in [0, 0.1) is 23.2 Å². The Labute approximate surface area is 182 Å². The molecule has 0 radical (unpaired) electrons. The maximum Gasteiger partial charge on any atom is 0.168 e. The molecule has 0 spiro atoms. The molecule has 1 saturated carbocycles. The van der Waals surface area contributed by atoms with Crippen molar-refractivity contribution >= 4 is 11.6 Å². The lowest BCUT2D eigenvalue weighted by atomic mass is 9.64. The van der Waals surface area contributed by atoms with Crippen molar-refractivity contribution in [3.05, 3.63) is 47.0 Å². The molecule has 1 aromatic rings. The normalized spacial score (nSPS) is 28.8. The first kappa shape index (κ1) is 21.5. The first-order chi connectivity index (χ1) is 14.6. The minimum atomic E-state index is -0.139. The molecule has 0 N–H and O–H groups in total. The molecule has 4 unspecified atom stereocenters. The van der Waals surface area contributed by atoms with Crippen LogP contribution in [0.1, 0.15) is 111 Å². The number of hydrogen-bond acceptors (Lipinski definition) is 2. The molecule has 0 heterocycles. The van der Waals surface area contributed by atoms with Gasteiger partial charge in [0.1, 0.15) is 0 Å². The molecule has 1 fully saturated rings. The molecule has 30 heavy (non-hydrogen) atoms. The zero-order valence-electron chi connectivity index (χ0n) is 18.9. The minimum Gasteiger partial charge on any atom is -0.294 e. The van der Waals surface area contributed by atoms with Gasteiger partial charge >= 0.3 is 0 Å². The summed E-state index contributed by atoms with van der Waals surface area (Å²) in [6.07, 6.45) is 19.4. The number of Topliss-reactive ketones (excluding diaryl/α,β-unsaturated/α-hetero) is 2. The maximum atomic E-state index is 13.5. The molecule has 0 aliphatic heterocycles. The molecule has 2 bridgehead atoms. The molecular formula is C28H38O2. The van der Waals surface area contributed by atoms with E-state index in [2.05, 4.69) is 32.1 Å². The number of ketones is 2. The molecule has 1 aromatic carbocycles. The van der Waals surface area contributed by atoms with Gasteiger partial charge in [-0.1, -0.05) is 102 Å². The fourth-order valence-electron chi connectivity index (χ4n) is 6.37. The van der Waals surface area contributed by atoms with Gasteiger partial charge in [0.2, 0.25) is 0 Å². The van der Waals surface area contributed by atoms with Crippen LogP contribution in [0.3, 0.4) is 0 Å². The zero-order chi connectivity index (χ0) is 21.1. The highest BCUT2D eigenvalue weighted by Crippen LogP contribution is 2.59. The summed E-state index contributed by atoms with van der Waals surface area (Å²) >= 11 is 0. The molecule has 2 heteroatoms. The van der Waals surface area contributed by atoms with Crippen LogP contribution in [-0.2, 0) is 6.42 Å². The average molecular weight is 407 g/mol. The summed E-state index contributed by atoms with van der Waals surface area (Å²) in [5.74, 6) is 0.466. The van der Waals surface area contributed by atoms with Crippen molar-refractivity contribution < 1.29 is 9.59 Å². The monoisotopic (exact) mass is 406 g/mol. The second-order valence-corrected chi connectivity index (χ2v) is 10.2. The Morgan fingerprint density at radius 3 is 2.27 bits per heavy atom. The second kappa shape index (κ2) is 9.20. The SMILES string of the molecule is CCCCCCCCCCCCc1cccc2c1C(=O)C1C3C=CC(C)(C3)C1C2=O. The summed E-state index contributed by atoms with van der Waals surface area (Å²) in [6, 6.07) is 5.97. The molecule has 0 aromatic heterocycles. The summed E-state index contributed by atoms with van der Waals surface area (Å²) in [5, 5.41) is 0. The highest BCUT2D eigenvalue weighted by Gasteiger charge is 2.60. The van der Waals surface area contributed by atoms with Gasteiger partial charge in [0.05, 0.1) is 0 Å². The van der Waals surface area contributed by atoms with Gasteiger partial charge in [0.15, 0.2) is 11.6 Å². The Balaban J connectivity index is 1.32. The van der Waals surface area contributed by atoms with Gasteiger partial charge in [-0.25, -0.2) is 0 Å². The van der Waals surface area contributed by atoms with Crippen molar-refractivity contribution in [3.8, 4) is 0 Å². The number of rotatable bonds is 11. The predicted octanol–water partition coefficient (Wildman–Crippen LogP) is 7.36. The van der Waals surface area contributed by atoms with E-state index in [9.17, 15) is 9.59 Å². The van der Waals surface area contributed by atoms with Gasteiger partial charge in [0, 0.05) is 23.0 Å². The molecule has 162 valence electrons. The first-order valence-corrected chi connectivity index (χ1v) is 12.5. The summed E-state index contributed by atoms with van der Waals surface area (Å²) in [6.45, 7) is 4.43. The molecule has 0 saturated heterocycles. The van der Waals surface area contributed by atoms with Crippen molar-refractivity contribution in [1.82, 2.24) is 0 Å². The summed E-state index contributed by atoms with van der Waals surface area (Å²) < 4.78 is 0. The Kier molecular flexibility index (Phi) is 6.60. The number of allylic oxidation sites excluding steroid dienone is 2. The number of hydrogen-bond donors (Lipinski definition) is 0. The van der Waals surface area contributed by atoms with Gasteiger partial charge in [-0.15, -0.1) is 0 Å². The molecule has 4 rings (SSSR count). The van der Waals surface area contributed by atoms with Crippen LogP contribution in [-0.4, -0.2) is 11.6 Å². The number of carbonyl (C=O) groups excluding carboxylic acids is 2. The van der Waals surface area contributed by atoms with Crippen LogP contribution in [0.5, 0.6) is 0 Å². The van der Waals surface area contributed by atoms with Crippen LogP contribution in [0.2, 0.25) is 0 Å². The van der Waals surface area contributed by atoms with Crippen molar-refractivity contribution in [2.75, 3.05) is 0 Å². The quantitative estimate of drug-likeness (QED) is 0.284. The van der Waals surface area contributed by atoms with Crippen LogP contribution in [0.4, 0.5) is 0 Å². The fraction of sp³-hybridized carbons (Fsp3) is 0.643. The van der Waals surface area contributed by atoms with Crippen molar-refractivity contribution in [2.45, 2.75) is 90.9 Å². The number of unbranched alkanes of at least 4 members (excludes halogenated alkanes) is 9. The van der Waals surface area contributed by atoms with Gasteiger partial charge in [-0.2, -0.15) is 0 Å². The molecule has 2 nitrogen and oxygen atoms in total. The summed E-state index contributed by atoms with van der Waals surface area (Å²) in [4.78, 5) is 26.8. The van der Waals surface area contributed by atoms with Crippen molar-refractivity contribution in [3.63, 3.8) is 0 Å². The smallest absolute Gasteiger partial charge is 0.168 e. The number of benzene rings is 1. The van der Waals surface area contributed by atoms with E-state index in [-0.39, 0.29) is 34.7 Å². The lowest BCUT2D eigenvalue weighted by molar-refractivity contribution is 0.0675. The highest BCUT2D eigenvalue weighted by atomic mass is 16.1. The van der Waals surface area contributed by atoms with E-state index in [0.29, 0.717) is 5.56 Å². The Morgan fingerprint density at radius 1 is 0.900 bits per heavy atom. The largest absolute Gasteiger partial charge is 0.294 e.